The van der Waals surface area contributed by atoms with Gasteiger partial charge in [-0.15, -0.1) is 0 Å². The summed E-state index contributed by atoms with van der Waals surface area (Å²) in [6.07, 6.45) is 0.844. The molecule has 3 rings (SSSR count). The number of carbonyl (C=O) groups excluding carboxylic acids is 1. The smallest absolute Gasteiger partial charge is 0.249 e. The van der Waals surface area contributed by atoms with Crippen molar-refractivity contribution in [1.29, 1.82) is 0 Å². The minimum atomic E-state index is -0.543. The van der Waals surface area contributed by atoms with Gasteiger partial charge in [0.2, 0.25) is 11.8 Å². The molecule has 0 aliphatic carbocycles. The van der Waals surface area contributed by atoms with Crippen LogP contribution in [0.5, 0.6) is 0 Å². The first kappa shape index (κ1) is 15.6. The molecule has 7 heteroatoms. The number of aromatic nitrogens is 2. The molecule has 2 aromatic rings. The highest BCUT2D eigenvalue weighted by molar-refractivity contribution is 5.78. The van der Waals surface area contributed by atoms with E-state index in [-0.39, 0.29) is 23.9 Å². The minimum Gasteiger partial charge on any atom is -0.337 e. The predicted molar refractivity (Wildman–Crippen MR) is 77.3 cm³/mol. The Labute approximate surface area is 132 Å². The van der Waals surface area contributed by atoms with Crippen LogP contribution in [-0.4, -0.2) is 20.9 Å². The van der Waals surface area contributed by atoms with Gasteiger partial charge in [0.1, 0.15) is 17.7 Å². The molecule has 1 fully saturated rings. The Balaban J connectivity index is 1.86. The van der Waals surface area contributed by atoms with Crippen molar-refractivity contribution in [3.8, 4) is 0 Å². The lowest BCUT2D eigenvalue weighted by atomic mass is 10.1. The van der Waals surface area contributed by atoms with Gasteiger partial charge in [0.05, 0.1) is 0 Å². The van der Waals surface area contributed by atoms with E-state index in [9.17, 15) is 13.6 Å². The van der Waals surface area contributed by atoms with Gasteiger partial charge in [0.15, 0.2) is 5.82 Å². The predicted octanol–water partition coefficient (Wildman–Crippen LogP) is 3.33. The molecule has 5 nitrogen and oxygen atoms in total. The Morgan fingerprint density at radius 2 is 2.17 bits per heavy atom. The number of halogens is 2. The fourth-order valence-corrected chi connectivity index (χ4v) is 2.65. The van der Waals surface area contributed by atoms with Gasteiger partial charge in [-0.1, -0.05) is 19.0 Å². The Kier molecular flexibility index (Phi) is 4.11. The molecule has 1 saturated heterocycles. The number of hydrogen-bond donors (Lipinski definition) is 0. The zero-order valence-electron chi connectivity index (χ0n) is 12.9. The standard InChI is InChI=1S/C16H17F2N3O2/c1-9(2)15-19-16(23-20-15)13-5-6-14(22)21(13)8-10-7-11(17)3-4-12(10)18/h3-4,7,9,13H,5-6,8H2,1-2H3. The highest BCUT2D eigenvalue weighted by atomic mass is 19.1. The summed E-state index contributed by atoms with van der Waals surface area (Å²) in [5, 5.41) is 3.90. The normalized spacial score (nSPS) is 18.2. The van der Waals surface area contributed by atoms with Crippen molar-refractivity contribution in [1.82, 2.24) is 15.0 Å². The Morgan fingerprint density at radius 3 is 2.87 bits per heavy atom. The van der Waals surface area contributed by atoms with Gasteiger partial charge in [-0.2, -0.15) is 4.98 Å². The molecule has 1 aromatic carbocycles. The molecule has 1 aliphatic rings. The fourth-order valence-electron chi connectivity index (χ4n) is 2.65. The van der Waals surface area contributed by atoms with E-state index in [1.54, 1.807) is 0 Å². The Bertz CT molecular complexity index is 730. The van der Waals surface area contributed by atoms with Crippen LogP contribution >= 0.6 is 0 Å². The first-order valence-corrected chi connectivity index (χ1v) is 7.52. The number of benzene rings is 1. The average molecular weight is 321 g/mol. The van der Waals surface area contributed by atoms with Crippen molar-refractivity contribution < 1.29 is 18.1 Å². The molecule has 1 amide bonds. The summed E-state index contributed by atoms with van der Waals surface area (Å²) in [4.78, 5) is 17.9. The largest absolute Gasteiger partial charge is 0.337 e. The zero-order valence-corrected chi connectivity index (χ0v) is 12.9. The van der Waals surface area contributed by atoms with Crippen LogP contribution in [0, 0.1) is 11.6 Å². The van der Waals surface area contributed by atoms with E-state index >= 15 is 0 Å². The molecule has 122 valence electrons. The molecule has 2 heterocycles. The van der Waals surface area contributed by atoms with Crippen LogP contribution in [0.3, 0.4) is 0 Å². The maximum atomic E-state index is 13.8. The number of rotatable bonds is 4. The molecule has 1 aromatic heterocycles. The van der Waals surface area contributed by atoms with Crippen molar-refractivity contribution >= 4 is 5.91 Å². The summed E-state index contributed by atoms with van der Waals surface area (Å²) in [5.74, 6) is -0.197. The van der Waals surface area contributed by atoms with E-state index in [2.05, 4.69) is 10.1 Å². The summed E-state index contributed by atoms with van der Waals surface area (Å²) in [5.41, 5.74) is 0.133. The number of nitrogens with zero attached hydrogens (tertiary/aromatic N) is 3. The van der Waals surface area contributed by atoms with Crippen LogP contribution in [0.4, 0.5) is 8.78 Å². The molecule has 1 unspecified atom stereocenters. The SMILES string of the molecule is CC(C)c1noc(C2CCC(=O)N2Cc2cc(F)ccc2F)n1. The summed E-state index contributed by atoms with van der Waals surface area (Å²) >= 11 is 0. The fraction of sp³-hybridized carbons (Fsp3) is 0.438. The molecular weight excluding hydrogens is 304 g/mol. The lowest BCUT2D eigenvalue weighted by molar-refractivity contribution is -0.130. The molecule has 1 atom stereocenters. The molecule has 0 spiro atoms. The molecular formula is C16H17F2N3O2. The van der Waals surface area contributed by atoms with E-state index < -0.39 is 17.7 Å². The number of amides is 1. The number of hydrogen-bond acceptors (Lipinski definition) is 4. The highest BCUT2D eigenvalue weighted by Crippen LogP contribution is 2.34. The second-order valence-electron chi connectivity index (χ2n) is 5.96. The van der Waals surface area contributed by atoms with E-state index in [4.69, 9.17) is 4.52 Å². The van der Waals surface area contributed by atoms with Gasteiger partial charge < -0.3 is 9.42 Å². The molecule has 0 radical (unpaired) electrons. The van der Waals surface area contributed by atoms with Crippen LogP contribution < -0.4 is 0 Å². The summed E-state index contributed by atoms with van der Waals surface area (Å²) in [6.45, 7) is 3.86. The van der Waals surface area contributed by atoms with Crippen LogP contribution in [-0.2, 0) is 11.3 Å². The van der Waals surface area contributed by atoms with Gasteiger partial charge in [-0.25, -0.2) is 8.78 Å². The minimum absolute atomic E-state index is 0.0213. The van der Waals surface area contributed by atoms with Crippen molar-refractivity contribution in [2.45, 2.75) is 45.2 Å². The number of carbonyl (C=O) groups is 1. The van der Waals surface area contributed by atoms with Crippen LogP contribution in [0.2, 0.25) is 0 Å². The Hall–Kier alpha value is -2.31. The zero-order chi connectivity index (χ0) is 16.6. The molecule has 0 N–H and O–H groups in total. The third-order valence-corrected chi connectivity index (χ3v) is 3.94. The van der Waals surface area contributed by atoms with Crippen molar-refractivity contribution in [3.05, 3.63) is 47.1 Å². The van der Waals surface area contributed by atoms with Gasteiger partial charge in [-0.05, 0) is 24.6 Å². The molecule has 0 bridgehead atoms. The van der Waals surface area contributed by atoms with E-state index in [1.165, 1.54) is 4.90 Å². The molecule has 1 aliphatic heterocycles. The Morgan fingerprint density at radius 1 is 1.39 bits per heavy atom. The molecule has 23 heavy (non-hydrogen) atoms. The van der Waals surface area contributed by atoms with Crippen molar-refractivity contribution in [2.75, 3.05) is 0 Å². The molecule has 0 saturated carbocycles. The summed E-state index contributed by atoms with van der Waals surface area (Å²) in [7, 11) is 0. The van der Waals surface area contributed by atoms with Crippen molar-refractivity contribution in [2.24, 2.45) is 0 Å². The first-order chi connectivity index (χ1) is 11.0. The van der Waals surface area contributed by atoms with Gasteiger partial charge in [-0.3, -0.25) is 4.79 Å². The summed E-state index contributed by atoms with van der Waals surface area (Å²) in [6, 6.07) is 2.81. The van der Waals surface area contributed by atoms with Crippen LogP contribution in [0.1, 0.15) is 55.9 Å². The highest BCUT2D eigenvalue weighted by Gasteiger charge is 2.36. The van der Waals surface area contributed by atoms with Crippen LogP contribution in [0.25, 0.3) is 0 Å². The topological polar surface area (TPSA) is 59.2 Å². The van der Waals surface area contributed by atoms with E-state index in [1.807, 2.05) is 13.8 Å². The quantitative estimate of drug-likeness (QED) is 0.866. The van der Waals surface area contributed by atoms with Gasteiger partial charge in [0, 0.05) is 24.4 Å². The van der Waals surface area contributed by atoms with Crippen molar-refractivity contribution in [3.63, 3.8) is 0 Å². The first-order valence-electron chi connectivity index (χ1n) is 7.52. The van der Waals surface area contributed by atoms with E-state index in [0.29, 0.717) is 24.6 Å². The van der Waals surface area contributed by atoms with Crippen LogP contribution in [0.15, 0.2) is 22.7 Å². The lowest BCUT2D eigenvalue weighted by Crippen LogP contribution is -2.28. The second kappa shape index (κ2) is 6.06. The van der Waals surface area contributed by atoms with Gasteiger partial charge in [0.25, 0.3) is 0 Å². The van der Waals surface area contributed by atoms with E-state index in [0.717, 1.165) is 18.2 Å². The number of likely N-dealkylation sites (tertiary alicyclic amines) is 1. The summed E-state index contributed by atoms with van der Waals surface area (Å²) < 4.78 is 32.4. The second-order valence-corrected chi connectivity index (χ2v) is 5.96. The average Bonchev–Trinajstić information content (AvgIpc) is 3.11. The maximum Gasteiger partial charge on any atom is 0.249 e. The lowest BCUT2D eigenvalue weighted by Gasteiger charge is -2.22. The maximum absolute atomic E-state index is 13.8. The third kappa shape index (κ3) is 3.09. The van der Waals surface area contributed by atoms with Gasteiger partial charge >= 0.3 is 0 Å². The monoisotopic (exact) mass is 321 g/mol. The third-order valence-electron chi connectivity index (χ3n) is 3.94.